The fourth-order valence-corrected chi connectivity index (χ4v) is 1.32. The van der Waals surface area contributed by atoms with Gasteiger partial charge >= 0.3 is 0 Å². The van der Waals surface area contributed by atoms with Crippen LogP contribution in [0.1, 0.15) is 12.5 Å². The van der Waals surface area contributed by atoms with Crippen molar-refractivity contribution in [2.24, 2.45) is 5.16 Å². The number of nitrogens with zero attached hydrogens (tertiary/aromatic N) is 3. The van der Waals surface area contributed by atoms with E-state index in [1.807, 2.05) is 6.92 Å². The molecule has 2 N–H and O–H groups in total. The molecule has 0 spiro atoms. The van der Waals surface area contributed by atoms with Gasteiger partial charge in [-0.2, -0.15) is 0 Å². The number of pyridine rings is 1. The lowest BCUT2D eigenvalue weighted by molar-refractivity contribution is 0.175. The standard InChI is InChI=1S/C10H15FN4O/c1-8(5-14-16)15(12-2)7-9-3-4-13-6-10(9)11/h3-6,8,12,16H,7H2,1-2H3/b14-5+. The maximum absolute atomic E-state index is 13.3. The molecular formula is C10H15FN4O. The summed E-state index contributed by atoms with van der Waals surface area (Å²) in [7, 11) is 1.72. The maximum atomic E-state index is 13.3. The maximum Gasteiger partial charge on any atom is 0.146 e. The summed E-state index contributed by atoms with van der Waals surface area (Å²) >= 11 is 0. The first-order valence-corrected chi connectivity index (χ1v) is 4.89. The van der Waals surface area contributed by atoms with E-state index in [0.29, 0.717) is 12.1 Å². The molecule has 1 atom stereocenters. The zero-order chi connectivity index (χ0) is 12.0. The second kappa shape index (κ2) is 6.14. The first kappa shape index (κ1) is 12.5. The van der Waals surface area contributed by atoms with Crippen molar-refractivity contribution < 1.29 is 9.60 Å². The zero-order valence-electron chi connectivity index (χ0n) is 9.26. The van der Waals surface area contributed by atoms with Crippen LogP contribution in [0.4, 0.5) is 4.39 Å². The molecule has 0 aliphatic heterocycles. The molecule has 1 aromatic heterocycles. The van der Waals surface area contributed by atoms with Gasteiger partial charge in [0, 0.05) is 18.3 Å². The van der Waals surface area contributed by atoms with Crippen molar-refractivity contribution in [3.63, 3.8) is 0 Å². The van der Waals surface area contributed by atoms with Crippen LogP contribution in [0.25, 0.3) is 0 Å². The van der Waals surface area contributed by atoms with Crippen molar-refractivity contribution in [1.29, 1.82) is 0 Å². The van der Waals surface area contributed by atoms with Crippen LogP contribution in [-0.4, -0.2) is 34.5 Å². The highest BCUT2D eigenvalue weighted by atomic mass is 19.1. The van der Waals surface area contributed by atoms with Crippen LogP contribution >= 0.6 is 0 Å². The summed E-state index contributed by atoms with van der Waals surface area (Å²) < 4.78 is 13.3. The lowest BCUT2D eigenvalue weighted by atomic mass is 10.2. The predicted octanol–water partition coefficient (Wildman–Crippen LogP) is 1.01. The van der Waals surface area contributed by atoms with Crippen LogP contribution in [-0.2, 0) is 6.54 Å². The van der Waals surface area contributed by atoms with E-state index in [0.717, 1.165) is 0 Å². The van der Waals surface area contributed by atoms with E-state index in [-0.39, 0.29) is 11.9 Å². The quantitative estimate of drug-likeness (QED) is 0.447. The van der Waals surface area contributed by atoms with Crippen LogP contribution in [0, 0.1) is 5.82 Å². The molecule has 0 fully saturated rings. The van der Waals surface area contributed by atoms with Gasteiger partial charge < -0.3 is 5.21 Å². The number of rotatable bonds is 5. The third-order valence-corrected chi connectivity index (χ3v) is 2.26. The SMILES string of the molecule is CNN(Cc1ccncc1F)C(C)/C=N/O. The number of hydrogen-bond donors (Lipinski definition) is 2. The molecule has 0 radical (unpaired) electrons. The Bertz CT molecular complexity index is 358. The largest absolute Gasteiger partial charge is 0.411 e. The molecule has 5 nitrogen and oxygen atoms in total. The number of hydrogen-bond acceptors (Lipinski definition) is 5. The molecule has 88 valence electrons. The molecule has 0 saturated heterocycles. The van der Waals surface area contributed by atoms with Crippen LogP contribution in [0.2, 0.25) is 0 Å². The lowest BCUT2D eigenvalue weighted by Crippen LogP contribution is -2.42. The van der Waals surface area contributed by atoms with Gasteiger partial charge in [0.1, 0.15) is 5.82 Å². The summed E-state index contributed by atoms with van der Waals surface area (Å²) in [5.41, 5.74) is 3.44. The molecule has 1 unspecified atom stereocenters. The Balaban J connectivity index is 2.74. The molecule has 0 amide bonds. The number of halogens is 1. The number of hydrazine groups is 1. The molecule has 6 heteroatoms. The predicted molar refractivity (Wildman–Crippen MR) is 58.5 cm³/mol. The number of aromatic nitrogens is 1. The average Bonchev–Trinajstić information content (AvgIpc) is 2.28. The van der Waals surface area contributed by atoms with Crippen LogP contribution in [0.5, 0.6) is 0 Å². The highest BCUT2D eigenvalue weighted by Gasteiger charge is 2.12. The van der Waals surface area contributed by atoms with Gasteiger partial charge in [0.2, 0.25) is 0 Å². The fourth-order valence-electron chi connectivity index (χ4n) is 1.32. The Kier molecular flexibility index (Phi) is 4.81. The Morgan fingerprint density at radius 3 is 3.06 bits per heavy atom. The molecule has 0 saturated carbocycles. The zero-order valence-corrected chi connectivity index (χ0v) is 9.26. The summed E-state index contributed by atoms with van der Waals surface area (Å²) in [4.78, 5) is 3.68. The van der Waals surface area contributed by atoms with E-state index in [2.05, 4.69) is 15.6 Å². The summed E-state index contributed by atoms with van der Waals surface area (Å²) in [5.74, 6) is -0.351. The molecular weight excluding hydrogens is 211 g/mol. The summed E-state index contributed by atoms with van der Waals surface area (Å²) in [6.07, 6.45) is 4.07. The van der Waals surface area contributed by atoms with Gasteiger partial charge in [-0.3, -0.25) is 10.4 Å². The average molecular weight is 226 g/mol. The monoisotopic (exact) mass is 226 g/mol. The van der Waals surface area contributed by atoms with Gasteiger partial charge in [-0.15, -0.1) is 5.16 Å². The number of oxime groups is 1. The third kappa shape index (κ3) is 3.25. The van der Waals surface area contributed by atoms with E-state index < -0.39 is 0 Å². The van der Waals surface area contributed by atoms with Crippen LogP contribution in [0.3, 0.4) is 0 Å². The van der Waals surface area contributed by atoms with Crippen molar-refractivity contribution in [1.82, 2.24) is 15.4 Å². The molecule has 0 aromatic carbocycles. The fraction of sp³-hybridized carbons (Fsp3) is 0.400. The van der Waals surface area contributed by atoms with Gasteiger partial charge in [0.25, 0.3) is 0 Å². The van der Waals surface area contributed by atoms with Gasteiger partial charge in [0.15, 0.2) is 0 Å². The molecule has 0 aliphatic carbocycles. The van der Waals surface area contributed by atoms with Gasteiger partial charge in [-0.1, -0.05) is 0 Å². The van der Waals surface area contributed by atoms with Crippen molar-refractivity contribution in [3.05, 3.63) is 29.8 Å². The first-order chi connectivity index (χ1) is 7.69. The highest BCUT2D eigenvalue weighted by Crippen LogP contribution is 2.08. The minimum absolute atomic E-state index is 0.150. The number of nitrogens with one attached hydrogen (secondary N) is 1. The molecule has 1 rings (SSSR count). The van der Waals surface area contributed by atoms with E-state index in [9.17, 15) is 4.39 Å². The van der Waals surface area contributed by atoms with Gasteiger partial charge in [-0.25, -0.2) is 9.40 Å². The Morgan fingerprint density at radius 1 is 1.75 bits per heavy atom. The van der Waals surface area contributed by atoms with Crippen molar-refractivity contribution in [2.45, 2.75) is 19.5 Å². The van der Waals surface area contributed by atoms with E-state index >= 15 is 0 Å². The van der Waals surface area contributed by atoms with Gasteiger partial charge in [-0.05, 0) is 20.0 Å². The normalized spacial score (nSPS) is 13.5. The minimum Gasteiger partial charge on any atom is -0.411 e. The van der Waals surface area contributed by atoms with E-state index in [4.69, 9.17) is 5.21 Å². The molecule has 1 aromatic rings. The van der Waals surface area contributed by atoms with E-state index in [1.165, 1.54) is 18.6 Å². The Labute approximate surface area is 93.6 Å². The van der Waals surface area contributed by atoms with Crippen molar-refractivity contribution in [2.75, 3.05) is 7.05 Å². The topological polar surface area (TPSA) is 60.8 Å². The smallest absolute Gasteiger partial charge is 0.146 e. The summed E-state index contributed by atoms with van der Waals surface area (Å²) in [6, 6.07) is 1.46. The Hall–Kier alpha value is -1.53. The molecule has 1 heterocycles. The summed E-state index contributed by atoms with van der Waals surface area (Å²) in [5, 5.41) is 13.1. The first-order valence-electron chi connectivity index (χ1n) is 4.89. The molecule has 16 heavy (non-hydrogen) atoms. The van der Waals surface area contributed by atoms with Crippen molar-refractivity contribution in [3.8, 4) is 0 Å². The van der Waals surface area contributed by atoms with Crippen LogP contribution in [0.15, 0.2) is 23.6 Å². The minimum atomic E-state index is -0.351. The second-order valence-electron chi connectivity index (χ2n) is 3.32. The highest BCUT2D eigenvalue weighted by molar-refractivity contribution is 5.62. The van der Waals surface area contributed by atoms with Gasteiger partial charge in [0.05, 0.1) is 18.5 Å². The van der Waals surface area contributed by atoms with Crippen LogP contribution < -0.4 is 5.43 Å². The molecule has 0 bridgehead atoms. The van der Waals surface area contributed by atoms with Crippen molar-refractivity contribution >= 4 is 6.21 Å². The molecule has 0 aliphatic rings. The van der Waals surface area contributed by atoms with E-state index in [1.54, 1.807) is 18.1 Å². The summed E-state index contributed by atoms with van der Waals surface area (Å²) in [6.45, 7) is 2.19. The second-order valence-corrected chi connectivity index (χ2v) is 3.32. The third-order valence-electron chi connectivity index (χ3n) is 2.26. The Morgan fingerprint density at radius 2 is 2.50 bits per heavy atom. The lowest BCUT2D eigenvalue weighted by Gasteiger charge is -2.25.